The van der Waals surface area contributed by atoms with Gasteiger partial charge in [0.1, 0.15) is 11.2 Å². The summed E-state index contributed by atoms with van der Waals surface area (Å²) in [5.41, 5.74) is -1.98. The molecule has 9 atom stereocenters. The highest BCUT2D eigenvalue weighted by Gasteiger charge is 2.77. The monoisotopic (exact) mass is 406 g/mol. The quantitative estimate of drug-likeness (QED) is 0.552. The van der Waals surface area contributed by atoms with Crippen LogP contribution in [0.3, 0.4) is 0 Å². The van der Waals surface area contributed by atoms with Crippen LogP contribution in [0.15, 0.2) is 0 Å². The number of ether oxygens (including phenoxy) is 2. The fourth-order valence-corrected chi connectivity index (χ4v) is 8.42. The Bertz CT molecular complexity index is 752. The van der Waals surface area contributed by atoms with Crippen molar-refractivity contribution in [3.05, 3.63) is 0 Å². The maximum Gasteiger partial charge on any atom is 0.303 e. The third-order valence-electron chi connectivity index (χ3n) is 10.1. The predicted molar refractivity (Wildman–Crippen MR) is 104 cm³/mol. The lowest BCUT2D eigenvalue weighted by Crippen LogP contribution is -2.61. The molecule has 0 radical (unpaired) electrons. The summed E-state index contributed by atoms with van der Waals surface area (Å²) in [7, 11) is 0. The standard InChI is InChI=1S/C23H34O6/c1-13(24)28-12-18(26)22(27)9-6-16-15-10-19-23(29-19)11-14(25)4-7-21(23,3)17(15)5-8-20(16,22)2/h14-17,19,25,27H,4-12H2,1-3H3/t14-,15+,16-,17-,19+,20-,21-,22-,23+/m1/s1. The van der Waals surface area contributed by atoms with Gasteiger partial charge in [0.2, 0.25) is 5.78 Å². The zero-order valence-electron chi connectivity index (χ0n) is 17.8. The number of epoxide rings is 1. The minimum Gasteiger partial charge on any atom is -0.458 e. The van der Waals surface area contributed by atoms with Gasteiger partial charge in [-0.25, -0.2) is 0 Å². The smallest absolute Gasteiger partial charge is 0.303 e. The normalized spacial score (nSPS) is 55.1. The first-order valence-corrected chi connectivity index (χ1v) is 11.3. The van der Waals surface area contributed by atoms with Gasteiger partial charge in [-0.3, -0.25) is 9.59 Å². The number of carbonyl (C=O) groups is 2. The maximum atomic E-state index is 12.9. The fourth-order valence-electron chi connectivity index (χ4n) is 8.42. The van der Waals surface area contributed by atoms with Crippen molar-refractivity contribution < 1.29 is 29.3 Å². The number of hydrogen-bond donors (Lipinski definition) is 2. The topological polar surface area (TPSA) is 96.4 Å². The van der Waals surface area contributed by atoms with E-state index in [9.17, 15) is 19.8 Å². The number of rotatable bonds is 3. The van der Waals surface area contributed by atoms with Gasteiger partial charge >= 0.3 is 5.97 Å². The molecule has 0 aromatic heterocycles. The van der Waals surface area contributed by atoms with E-state index in [-0.39, 0.29) is 41.5 Å². The van der Waals surface area contributed by atoms with Gasteiger partial charge in [0.05, 0.1) is 12.2 Å². The van der Waals surface area contributed by atoms with E-state index < -0.39 is 17.0 Å². The van der Waals surface area contributed by atoms with Crippen LogP contribution in [0.1, 0.15) is 72.1 Å². The van der Waals surface area contributed by atoms with Gasteiger partial charge in [-0.1, -0.05) is 13.8 Å². The van der Waals surface area contributed by atoms with Gasteiger partial charge in [-0.05, 0) is 62.7 Å². The zero-order valence-corrected chi connectivity index (χ0v) is 17.8. The Balaban J connectivity index is 1.42. The van der Waals surface area contributed by atoms with Crippen molar-refractivity contribution in [2.24, 2.45) is 28.6 Å². The Morgan fingerprint density at radius 3 is 2.45 bits per heavy atom. The second-order valence-electron chi connectivity index (χ2n) is 11.0. The summed E-state index contributed by atoms with van der Waals surface area (Å²) >= 11 is 0. The van der Waals surface area contributed by atoms with Crippen molar-refractivity contribution >= 4 is 11.8 Å². The molecule has 29 heavy (non-hydrogen) atoms. The average molecular weight is 407 g/mol. The molecule has 1 saturated heterocycles. The number of aliphatic hydroxyl groups is 2. The van der Waals surface area contributed by atoms with Gasteiger partial charge in [-0.15, -0.1) is 0 Å². The van der Waals surface area contributed by atoms with Crippen LogP contribution in [0.25, 0.3) is 0 Å². The highest BCUT2D eigenvalue weighted by atomic mass is 16.6. The van der Waals surface area contributed by atoms with Gasteiger partial charge in [0.15, 0.2) is 6.61 Å². The number of hydrogen-bond acceptors (Lipinski definition) is 6. The van der Waals surface area contributed by atoms with Crippen LogP contribution in [0.5, 0.6) is 0 Å². The second-order valence-corrected chi connectivity index (χ2v) is 11.0. The molecule has 5 rings (SSSR count). The number of aliphatic hydroxyl groups excluding tert-OH is 1. The molecule has 0 aromatic rings. The van der Waals surface area contributed by atoms with Crippen LogP contribution >= 0.6 is 0 Å². The van der Waals surface area contributed by atoms with Crippen molar-refractivity contribution in [2.45, 2.75) is 95.5 Å². The number of fused-ring (bicyclic) bond motifs is 4. The van der Waals surface area contributed by atoms with Crippen molar-refractivity contribution in [3.63, 3.8) is 0 Å². The molecule has 5 fully saturated rings. The van der Waals surface area contributed by atoms with Crippen molar-refractivity contribution in [3.8, 4) is 0 Å². The van der Waals surface area contributed by atoms with Crippen molar-refractivity contribution in [2.75, 3.05) is 6.61 Å². The molecule has 0 unspecified atom stereocenters. The SMILES string of the molecule is CC(=O)OCC(=O)[C@]1(O)CC[C@@H]2[C@@H]3C[C@@H]4O[C@@]45C[C@H](O)CC[C@]5(C)[C@@H]3CC[C@]21C. The van der Waals surface area contributed by atoms with E-state index in [0.29, 0.717) is 18.3 Å². The first-order chi connectivity index (χ1) is 13.6. The minimum absolute atomic E-state index is 0.0730. The Hall–Kier alpha value is -0.980. The summed E-state index contributed by atoms with van der Waals surface area (Å²) in [5, 5.41) is 21.8. The van der Waals surface area contributed by atoms with E-state index in [1.54, 1.807) is 0 Å². The van der Waals surface area contributed by atoms with Crippen LogP contribution in [0.2, 0.25) is 0 Å². The molecule has 1 aliphatic heterocycles. The van der Waals surface area contributed by atoms with E-state index in [0.717, 1.165) is 44.9 Å². The molecule has 162 valence electrons. The summed E-state index contributed by atoms with van der Waals surface area (Å²) in [4.78, 5) is 24.1. The summed E-state index contributed by atoms with van der Waals surface area (Å²) in [6.45, 7) is 5.39. The van der Waals surface area contributed by atoms with E-state index in [1.807, 2.05) is 0 Å². The number of Topliss-reactive ketones (excluding diaryl/α,β-unsaturated/α-hetero) is 1. The molecule has 0 aromatic carbocycles. The lowest BCUT2D eigenvalue weighted by atomic mass is 9.44. The second kappa shape index (κ2) is 6.04. The van der Waals surface area contributed by atoms with Gasteiger partial charge in [-0.2, -0.15) is 0 Å². The lowest BCUT2D eigenvalue weighted by molar-refractivity contribution is -0.173. The number of ketones is 1. The molecule has 0 bridgehead atoms. The molecule has 1 spiro atoms. The average Bonchev–Trinajstić information content (AvgIpc) is 3.28. The molecule has 1 heterocycles. The van der Waals surface area contributed by atoms with E-state index in [1.165, 1.54) is 6.92 Å². The van der Waals surface area contributed by atoms with E-state index >= 15 is 0 Å². The highest BCUT2D eigenvalue weighted by molar-refractivity contribution is 5.90. The highest BCUT2D eigenvalue weighted by Crippen LogP contribution is 2.74. The minimum atomic E-state index is -1.42. The van der Waals surface area contributed by atoms with Gasteiger partial charge in [0, 0.05) is 24.2 Å². The Labute approximate surface area is 172 Å². The Morgan fingerprint density at radius 2 is 1.72 bits per heavy atom. The number of esters is 1. The maximum absolute atomic E-state index is 12.9. The third-order valence-corrected chi connectivity index (χ3v) is 10.1. The molecular weight excluding hydrogens is 372 g/mol. The van der Waals surface area contributed by atoms with Crippen LogP contribution < -0.4 is 0 Å². The number of carbonyl (C=O) groups excluding carboxylic acids is 2. The van der Waals surface area contributed by atoms with Crippen molar-refractivity contribution in [1.29, 1.82) is 0 Å². The molecule has 6 nitrogen and oxygen atoms in total. The van der Waals surface area contributed by atoms with Crippen LogP contribution in [0.4, 0.5) is 0 Å². The molecule has 2 N–H and O–H groups in total. The zero-order chi connectivity index (χ0) is 20.8. The molecule has 4 saturated carbocycles. The molecule has 4 aliphatic carbocycles. The Kier molecular flexibility index (Phi) is 4.16. The van der Waals surface area contributed by atoms with Crippen LogP contribution in [-0.2, 0) is 19.1 Å². The third kappa shape index (κ3) is 2.40. The first-order valence-electron chi connectivity index (χ1n) is 11.3. The van der Waals surface area contributed by atoms with Crippen LogP contribution in [-0.4, -0.2) is 52.0 Å². The van der Waals surface area contributed by atoms with Gasteiger partial charge in [0.25, 0.3) is 0 Å². The van der Waals surface area contributed by atoms with Gasteiger partial charge < -0.3 is 19.7 Å². The molecule has 6 heteroatoms. The largest absolute Gasteiger partial charge is 0.458 e. The fraction of sp³-hybridized carbons (Fsp3) is 0.913. The summed E-state index contributed by atoms with van der Waals surface area (Å²) in [5.74, 6) is 0.379. The van der Waals surface area contributed by atoms with Crippen LogP contribution in [0, 0.1) is 28.6 Å². The van der Waals surface area contributed by atoms with E-state index in [4.69, 9.17) is 9.47 Å². The first kappa shape index (κ1) is 20.0. The van der Waals surface area contributed by atoms with E-state index in [2.05, 4.69) is 13.8 Å². The summed E-state index contributed by atoms with van der Waals surface area (Å²) < 4.78 is 11.3. The predicted octanol–water partition coefficient (Wildman–Crippen LogP) is 2.38. The molecule has 5 aliphatic rings. The Morgan fingerprint density at radius 1 is 1.07 bits per heavy atom. The summed E-state index contributed by atoms with van der Waals surface area (Å²) in [6.07, 6.45) is 6.57. The van der Waals surface area contributed by atoms with Crippen molar-refractivity contribution in [1.82, 2.24) is 0 Å². The molecule has 0 amide bonds. The molecular formula is C23H34O6. The summed E-state index contributed by atoms with van der Waals surface area (Å²) in [6, 6.07) is 0. The lowest BCUT2D eigenvalue weighted by Gasteiger charge is -2.59.